The molecule has 0 saturated carbocycles. The Morgan fingerprint density at radius 2 is 1.89 bits per heavy atom. The molecule has 1 N–H and O–H groups in total. The molecule has 2 aromatic rings. The highest BCUT2D eigenvalue weighted by Gasteiger charge is 2.04. The third-order valence-corrected chi connectivity index (χ3v) is 2.56. The van der Waals surface area contributed by atoms with Crippen LogP contribution in [0.5, 0.6) is 5.75 Å². The molecule has 1 aromatic carbocycles. The summed E-state index contributed by atoms with van der Waals surface area (Å²) in [6.07, 6.45) is 0. The largest absolute Gasteiger partial charge is 0.435 e. The van der Waals surface area contributed by atoms with Crippen LogP contribution in [0, 0.1) is 6.92 Å². The van der Waals surface area contributed by atoms with E-state index in [-0.39, 0.29) is 5.75 Å². The van der Waals surface area contributed by atoms with E-state index in [0.29, 0.717) is 21.9 Å². The SMILES string of the molecule is Cc1nc(Br)cc(Nc2ccc(OC(F)F)cc2)n1. The van der Waals surface area contributed by atoms with E-state index in [9.17, 15) is 8.78 Å². The standard InChI is InChI=1S/C12H10BrF2N3O/c1-7-16-10(13)6-11(17-7)18-8-2-4-9(5-3-8)19-12(14)15/h2-6,12H,1H3,(H,16,17,18). The lowest BCUT2D eigenvalue weighted by Crippen LogP contribution is -2.02. The van der Waals surface area contributed by atoms with Gasteiger partial charge in [0.05, 0.1) is 0 Å². The molecule has 0 radical (unpaired) electrons. The molecule has 0 spiro atoms. The number of nitrogens with zero attached hydrogens (tertiary/aromatic N) is 2. The van der Waals surface area contributed by atoms with Crippen LogP contribution >= 0.6 is 15.9 Å². The van der Waals surface area contributed by atoms with E-state index in [1.807, 2.05) is 0 Å². The van der Waals surface area contributed by atoms with Crippen molar-refractivity contribution < 1.29 is 13.5 Å². The molecular weight excluding hydrogens is 320 g/mol. The van der Waals surface area contributed by atoms with Crippen LogP contribution in [-0.2, 0) is 0 Å². The monoisotopic (exact) mass is 329 g/mol. The fraction of sp³-hybridized carbons (Fsp3) is 0.167. The average molecular weight is 330 g/mol. The highest BCUT2D eigenvalue weighted by Crippen LogP contribution is 2.21. The Kier molecular flexibility index (Phi) is 4.26. The summed E-state index contributed by atoms with van der Waals surface area (Å²) in [6, 6.07) is 7.89. The Hall–Kier alpha value is -1.76. The normalized spacial score (nSPS) is 10.6. The molecule has 0 aliphatic carbocycles. The summed E-state index contributed by atoms with van der Waals surface area (Å²) in [5.74, 6) is 1.34. The summed E-state index contributed by atoms with van der Waals surface area (Å²) in [4.78, 5) is 8.28. The van der Waals surface area contributed by atoms with Gasteiger partial charge in [0, 0.05) is 11.8 Å². The maximum Gasteiger partial charge on any atom is 0.387 e. The Balaban J connectivity index is 2.10. The third-order valence-electron chi connectivity index (χ3n) is 2.16. The van der Waals surface area contributed by atoms with Crippen molar-refractivity contribution in [3.8, 4) is 5.75 Å². The second-order valence-electron chi connectivity index (χ2n) is 3.65. The van der Waals surface area contributed by atoms with Gasteiger partial charge in [0.25, 0.3) is 0 Å². The van der Waals surface area contributed by atoms with Crippen molar-refractivity contribution in [1.82, 2.24) is 9.97 Å². The van der Waals surface area contributed by atoms with Crippen molar-refractivity contribution in [2.45, 2.75) is 13.5 Å². The van der Waals surface area contributed by atoms with Gasteiger partial charge in [-0.05, 0) is 47.1 Å². The minimum atomic E-state index is -2.82. The van der Waals surface area contributed by atoms with Gasteiger partial charge >= 0.3 is 6.61 Å². The van der Waals surface area contributed by atoms with Crippen molar-refractivity contribution in [1.29, 1.82) is 0 Å². The number of hydrogen-bond donors (Lipinski definition) is 1. The summed E-state index contributed by atoms with van der Waals surface area (Å²) in [5, 5.41) is 3.04. The Morgan fingerprint density at radius 3 is 2.47 bits per heavy atom. The van der Waals surface area contributed by atoms with Gasteiger partial charge in [0.15, 0.2) is 0 Å². The van der Waals surface area contributed by atoms with E-state index < -0.39 is 6.61 Å². The maximum absolute atomic E-state index is 12.0. The zero-order chi connectivity index (χ0) is 13.8. The Labute approximate surface area is 117 Å². The molecule has 100 valence electrons. The lowest BCUT2D eigenvalue weighted by atomic mass is 10.3. The van der Waals surface area contributed by atoms with Crippen LogP contribution in [-0.4, -0.2) is 16.6 Å². The van der Waals surface area contributed by atoms with Gasteiger partial charge < -0.3 is 10.1 Å². The number of ether oxygens (including phenoxy) is 1. The van der Waals surface area contributed by atoms with Gasteiger partial charge in [-0.1, -0.05) is 0 Å². The molecule has 2 rings (SSSR count). The topological polar surface area (TPSA) is 47.0 Å². The highest BCUT2D eigenvalue weighted by molar-refractivity contribution is 9.10. The summed E-state index contributed by atoms with van der Waals surface area (Å²) in [7, 11) is 0. The first-order valence-corrected chi connectivity index (χ1v) is 6.15. The molecule has 19 heavy (non-hydrogen) atoms. The first kappa shape index (κ1) is 13.7. The minimum Gasteiger partial charge on any atom is -0.435 e. The predicted octanol–water partition coefficient (Wildman–Crippen LogP) is 3.89. The third kappa shape index (κ3) is 4.13. The quantitative estimate of drug-likeness (QED) is 0.864. The van der Waals surface area contributed by atoms with Gasteiger partial charge in [-0.3, -0.25) is 0 Å². The highest BCUT2D eigenvalue weighted by atomic mass is 79.9. The summed E-state index contributed by atoms with van der Waals surface area (Å²) in [5.41, 5.74) is 0.714. The first-order chi connectivity index (χ1) is 9.02. The fourth-order valence-electron chi connectivity index (χ4n) is 1.46. The fourth-order valence-corrected chi connectivity index (χ4v) is 1.94. The van der Waals surface area contributed by atoms with Crippen molar-refractivity contribution in [2.24, 2.45) is 0 Å². The molecule has 7 heteroatoms. The lowest BCUT2D eigenvalue weighted by Gasteiger charge is -2.08. The number of benzene rings is 1. The number of anilines is 2. The van der Waals surface area contributed by atoms with Gasteiger partial charge in [-0.2, -0.15) is 8.78 Å². The van der Waals surface area contributed by atoms with E-state index in [1.54, 1.807) is 25.1 Å². The van der Waals surface area contributed by atoms with E-state index in [1.165, 1.54) is 12.1 Å². The molecule has 0 unspecified atom stereocenters. The number of rotatable bonds is 4. The van der Waals surface area contributed by atoms with Gasteiger partial charge in [0.2, 0.25) is 0 Å². The molecule has 0 aliphatic heterocycles. The van der Waals surface area contributed by atoms with Crippen molar-refractivity contribution in [3.05, 3.63) is 40.8 Å². The summed E-state index contributed by atoms with van der Waals surface area (Å²) >= 11 is 3.27. The van der Waals surface area contributed by atoms with Crippen LogP contribution in [0.25, 0.3) is 0 Å². The molecule has 0 atom stereocenters. The molecule has 0 fully saturated rings. The number of aryl methyl sites for hydroxylation is 1. The first-order valence-electron chi connectivity index (χ1n) is 5.36. The van der Waals surface area contributed by atoms with Gasteiger partial charge in [-0.25, -0.2) is 9.97 Å². The van der Waals surface area contributed by atoms with Crippen LogP contribution in [0.4, 0.5) is 20.3 Å². The number of halogens is 3. The lowest BCUT2D eigenvalue weighted by molar-refractivity contribution is -0.0498. The average Bonchev–Trinajstić information content (AvgIpc) is 2.29. The van der Waals surface area contributed by atoms with Gasteiger partial charge in [0.1, 0.15) is 22.0 Å². The molecular formula is C12H10BrF2N3O. The number of alkyl halides is 2. The minimum absolute atomic E-state index is 0.112. The molecule has 1 heterocycles. The van der Waals surface area contributed by atoms with Crippen LogP contribution in [0.2, 0.25) is 0 Å². The van der Waals surface area contributed by atoms with E-state index in [2.05, 4.69) is 36.0 Å². The van der Waals surface area contributed by atoms with Crippen molar-refractivity contribution >= 4 is 27.4 Å². The molecule has 0 amide bonds. The number of aromatic nitrogens is 2. The van der Waals surface area contributed by atoms with Crippen molar-refractivity contribution in [3.63, 3.8) is 0 Å². The van der Waals surface area contributed by atoms with Crippen molar-refractivity contribution in [2.75, 3.05) is 5.32 Å². The van der Waals surface area contributed by atoms with E-state index >= 15 is 0 Å². The zero-order valence-electron chi connectivity index (χ0n) is 9.90. The second kappa shape index (κ2) is 5.92. The number of nitrogens with one attached hydrogen (secondary N) is 1. The molecule has 4 nitrogen and oxygen atoms in total. The van der Waals surface area contributed by atoms with Gasteiger partial charge in [-0.15, -0.1) is 0 Å². The molecule has 1 aromatic heterocycles. The Bertz CT molecular complexity index is 543. The molecule has 0 aliphatic rings. The summed E-state index contributed by atoms with van der Waals surface area (Å²) < 4.78 is 28.9. The maximum atomic E-state index is 12.0. The van der Waals surface area contributed by atoms with Crippen LogP contribution in [0.1, 0.15) is 5.82 Å². The Morgan fingerprint density at radius 1 is 1.21 bits per heavy atom. The van der Waals surface area contributed by atoms with E-state index in [0.717, 1.165) is 0 Å². The van der Waals surface area contributed by atoms with Crippen LogP contribution in [0.15, 0.2) is 34.9 Å². The molecule has 0 saturated heterocycles. The van der Waals surface area contributed by atoms with Crippen LogP contribution in [0.3, 0.4) is 0 Å². The summed E-state index contributed by atoms with van der Waals surface area (Å²) in [6.45, 7) is -1.05. The predicted molar refractivity (Wildman–Crippen MR) is 70.8 cm³/mol. The smallest absolute Gasteiger partial charge is 0.387 e. The zero-order valence-corrected chi connectivity index (χ0v) is 11.5. The number of hydrogen-bond acceptors (Lipinski definition) is 4. The second-order valence-corrected chi connectivity index (χ2v) is 4.46. The van der Waals surface area contributed by atoms with E-state index in [4.69, 9.17) is 0 Å². The van der Waals surface area contributed by atoms with Crippen LogP contribution < -0.4 is 10.1 Å². The molecule has 0 bridgehead atoms.